The van der Waals surface area contributed by atoms with Crippen LogP contribution in [0.2, 0.25) is 0 Å². The standard InChI is InChI=1S/C11H11BrFNO2/c12-9-3-8(1-2-10(9)13)11(16)14-4-7(5-14)6-15/h1-3,7,15H,4-6H2. The number of likely N-dealkylation sites (tertiary alicyclic amines) is 1. The third-order valence-electron chi connectivity index (χ3n) is 2.67. The van der Waals surface area contributed by atoms with Crippen molar-refractivity contribution in [2.75, 3.05) is 19.7 Å². The summed E-state index contributed by atoms with van der Waals surface area (Å²) >= 11 is 3.04. The summed E-state index contributed by atoms with van der Waals surface area (Å²) < 4.78 is 13.3. The van der Waals surface area contributed by atoms with E-state index in [4.69, 9.17) is 5.11 Å². The minimum atomic E-state index is -0.381. The van der Waals surface area contributed by atoms with E-state index in [9.17, 15) is 9.18 Å². The lowest BCUT2D eigenvalue weighted by Crippen LogP contribution is -2.51. The number of hydrogen-bond donors (Lipinski definition) is 1. The number of benzene rings is 1. The second-order valence-electron chi connectivity index (χ2n) is 3.89. The molecule has 1 saturated heterocycles. The molecule has 0 aliphatic carbocycles. The maximum atomic E-state index is 13.0. The summed E-state index contributed by atoms with van der Waals surface area (Å²) in [6, 6.07) is 4.21. The number of halogens is 2. The molecule has 0 unspecified atom stereocenters. The Balaban J connectivity index is 2.07. The summed E-state index contributed by atoms with van der Waals surface area (Å²) in [6.45, 7) is 1.26. The minimum Gasteiger partial charge on any atom is -0.396 e. The zero-order chi connectivity index (χ0) is 11.7. The van der Waals surface area contributed by atoms with Gasteiger partial charge in [-0.1, -0.05) is 0 Å². The van der Waals surface area contributed by atoms with Gasteiger partial charge in [-0.05, 0) is 34.1 Å². The van der Waals surface area contributed by atoms with Crippen molar-refractivity contribution >= 4 is 21.8 Å². The van der Waals surface area contributed by atoms with Crippen LogP contribution in [0.15, 0.2) is 22.7 Å². The van der Waals surface area contributed by atoms with E-state index < -0.39 is 0 Å². The molecule has 1 heterocycles. The van der Waals surface area contributed by atoms with Crippen LogP contribution >= 0.6 is 15.9 Å². The van der Waals surface area contributed by atoms with Crippen LogP contribution in [-0.4, -0.2) is 35.6 Å². The Kier molecular flexibility index (Phi) is 3.25. The summed E-state index contributed by atoms with van der Waals surface area (Å²) in [6.07, 6.45) is 0. The topological polar surface area (TPSA) is 40.5 Å². The predicted octanol–water partition coefficient (Wildman–Crippen LogP) is 1.65. The van der Waals surface area contributed by atoms with Crippen molar-refractivity contribution in [2.24, 2.45) is 5.92 Å². The summed E-state index contributed by atoms with van der Waals surface area (Å²) in [5.41, 5.74) is 0.463. The highest BCUT2D eigenvalue weighted by molar-refractivity contribution is 9.10. The van der Waals surface area contributed by atoms with Crippen molar-refractivity contribution in [3.63, 3.8) is 0 Å². The zero-order valence-corrected chi connectivity index (χ0v) is 10.1. The highest BCUT2D eigenvalue weighted by Crippen LogP contribution is 2.21. The molecule has 0 aromatic heterocycles. The predicted molar refractivity (Wildman–Crippen MR) is 60.6 cm³/mol. The molecule has 1 aromatic rings. The van der Waals surface area contributed by atoms with E-state index in [-0.39, 0.29) is 28.7 Å². The van der Waals surface area contributed by atoms with Crippen LogP contribution in [-0.2, 0) is 0 Å². The second kappa shape index (κ2) is 4.51. The number of nitrogens with zero attached hydrogens (tertiary/aromatic N) is 1. The van der Waals surface area contributed by atoms with Gasteiger partial charge in [0, 0.05) is 31.2 Å². The Labute approximate surface area is 101 Å². The van der Waals surface area contributed by atoms with Gasteiger partial charge in [0.15, 0.2) is 0 Å². The third-order valence-corrected chi connectivity index (χ3v) is 3.28. The van der Waals surface area contributed by atoms with Crippen molar-refractivity contribution in [3.8, 4) is 0 Å². The van der Waals surface area contributed by atoms with Crippen molar-refractivity contribution in [3.05, 3.63) is 34.1 Å². The molecule has 5 heteroatoms. The molecule has 2 rings (SSSR count). The second-order valence-corrected chi connectivity index (χ2v) is 4.74. The maximum absolute atomic E-state index is 13.0. The van der Waals surface area contributed by atoms with Gasteiger partial charge in [0.25, 0.3) is 5.91 Å². The fourth-order valence-corrected chi connectivity index (χ4v) is 2.04. The molecule has 1 amide bonds. The summed E-state index contributed by atoms with van der Waals surface area (Å²) in [4.78, 5) is 13.5. The number of hydrogen-bond acceptors (Lipinski definition) is 2. The Bertz CT molecular complexity index is 418. The Hall–Kier alpha value is -0.940. The van der Waals surface area contributed by atoms with E-state index in [0.717, 1.165) is 0 Å². The van der Waals surface area contributed by atoms with Crippen LogP contribution in [0.1, 0.15) is 10.4 Å². The average molecular weight is 288 g/mol. The quantitative estimate of drug-likeness (QED) is 0.899. The van der Waals surface area contributed by atoms with Crippen LogP contribution in [0.25, 0.3) is 0 Å². The first-order valence-electron chi connectivity index (χ1n) is 4.97. The average Bonchev–Trinajstić information content (AvgIpc) is 2.20. The van der Waals surface area contributed by atoms with Crippen LogP contribution in [0.3, 0.4) is 0 Å². The minimum absolute atomic E-state index is 0.108. The molecule has 0 spiro atoms. The van der Waals surface area contributed by atoms with Crippen LogP contribution < -0.4 is 0 Å². The van der Waals surface area contributed by atoms with Crippen LogP contribution in [0.5, 0.6) is 0 Å². The number of rotatable bonds is 2. The zero-order valence-electron chi connectivity index (χ0n) is 8.49. The first-order valence-corrected chi connectivity index (χ1v) is 5.76. The summed E-state index contributed by atoms with van der Waals surface area (Å²) in [7, 11) is 0. The largest absolute Gasteiger partial charge is 0.396 e. The van der Waals surface area contributed by atoms with E-state index in [1.54, 1.807) is 4.90 Å². The first-order chi connectivity index (χ1) is 7.61. The van der Waals surface area contributed by atoms with Gasteiger partial charge in [0.05, 0.1) is 4.47 Å². The molecule has 86 valence electrons. The molecular formula is C11H11BrFNO2. The lowest BCUT2D eigenvalue weighted by atomic mass is 10.00. The van der Waals surface area contributed by atoms with Crippen molar-refractivity contribution < 1.29 is 14.3 Å². The third kappa shape index (κ3) is 2.10. The van der Waals surface area contributed by atoms with Gasteiger partial charge in [-0.15, -0.1) is 0 Å². The SMILES string of the molecule is O=C(c1ccc(F)c(Br)c1)N1CC(CO)C1. The molecule has 1 N–H and O–H groups in total. The molecule has 0 saturated carbocycles. The molecule has 0 atom stereocenters. The van der Waals surface area contributed by atoms with Gasteiger partial charge in [0.2, 0.25) is 0 Å². The fourth-order valence-electron chi connectivity index (χ4n) is 1.66. The first kappa shape index (κ1) is 11.5. The lowest BCUT2D eigenvalue weighted by Gasteiger charge is -2.38. The highest BCUT2D eigenvalue weighted by Gasteiger charge is 2.30. The maximum Gasteiger partial charge on any atom is 0.253 e. The molecule has 16 heavy (non-hydrogen) atoms. The normalized spacial score (nSPS) is 16.1. The van der Waals surface area contributed by atoms with Gasteiger partial charge < -0.3 is 10.0 Å². The number of carbonyl (C=O) groups is 1. The monoisotopic (exact) mass is 287 g/mol. The number of aliphatic hydroxyl groups is 1. The summed E-state index contributed by atoms with van der Waals surface area (Å²) in [5.74, 6) is -0.313. The molecule has 3 nitrogen and oxygen atoms in total. The Morgan fingerprint density at radius 1 is 1.56 bits per heavy atom. The highest BCUT2D eigenvalue weighted by atomic mass is 79.9. The number of carbonyl (C=O) groups excluding carboxylic acids is 1. The number of aliphatic hydroxyl groups excluding tert-OH is 1. The van der Waals surface area contributed by atoms with Gasteiger partial charge in [-0.3, -0.25) is 4.79 Å². The molecular weight excluding hydrogens is 277 g/mol. The Morgan fingerprint density at radius 3 is 2.81 bits per heavy atom. The molecule has 1 aliphatic heterocycles. The number of amides is 1. The van der Waals surface area contributed by atoms with Gasteiger partial charge in [-0.25, -0.2) is 4.39 Å². The fraction of sp³-hybridized carbons (Fsp3) is 0.364. The van der Waals surface area contributed by atoms with Gasteiger partial charge in [-0.2, -0.15) is 0 Å². The molecule has 1 aliphatic rings. The summed E-state index contributed by atoms with van der Waals surface area (Å²) in [5, 5.41) is 8.84. The van der Waals surface area contributed by atoms with E-state index in [2.05, 4.69) is 15.9 Å². The van der Waals surface area contributed by atoms with Gasteiger partial charge in [0.1, 0.15) is 5.82 Å². The Morgan fingerprint density at radius 2 is 2.25 bits per heavy atom. The van der Waals surface area contributed by atoms with E-state index in [1.807, 2.05) is 0 Å². The molecule has 0 bridgehead atoms. The lowest BCUT2D eigenvalue weighted by molar-refractivity contribution is 0.0362. The molecule has 1 aromatic carbocycles. The molecule has 0 radical (unpaired) electrons. The van der Waals surface area contributed by atoms with E-state index in [1.165, 1.54) is 18.2 Å². The van der Waals surface area contributed by atoms with Crippen molar-refractivity contribution in [2.45, 2.75) is 0 Å². The molecule has 1 fully saturated rings. The van der Waals surface area contributed by atoms with Crippen molar-refractivity contribution in [1.29, 1.82) is 0 Å². The van der Waals surface area contributed by atoms with Crippen molar-refractivity contribution in [1.82, 2.24) is 4.90 Å². The van der Waals surface area contributed by atoms with Crippen LogP contribution in [0, 0.1) is 11.7 Å². The van der Waals surface area contributed by atoms with E-state index >= 15 is 0 Å². The van der Waals surface area contributed by atoms with Crippen LogP contribution in [0.4, 0.5) is 4.39 Å². The smallest absolute Gasteiger partial charge is 0.253 e. The van der Waals surface area contributed by atoms with Gasteiger partial charge >= 0.3 is 0 Å². The van der Waals surface area contributed by atoms with E-state index in [0.29, 0.717) is 18.7 Å².